The van der Waals surface area contributed by atoms with Gasteiger partial charge in [-0.15, -0.1) is 0 Å². The highest BCUT2D eigenvalue weighted by Crippen LogP contribution is 2.29. The van der Waals surface area contributed by atoms with E-state index in [0.717, 1.165) is 23.4 Å². The molecule has 0 aliphatic carbocycles. The molecule has 0 unspecified atom stereocenters. The van der Waals surface area contributed by atoms with Gasteiger partial charge in [-0.2, -0.15) is 13.2 Å². The summed E-state index contributed by atoms with van der Waals surface area (Å²) < 4.78 is 42.9. The predicted molar refractivity (Wildman–Crippen MR) is 89.6 cm³/mol. The summed E-state index contributed by atoms with van der Waals surface area (Å²) in [4.78, 5) is 11.7. The number of benzene rings is 2. The van der Waals surface area contributed by atoms with Gasteiger partial charge in [-0.25, -0.2) is 0 Å². The first-order valence-corrected chi connectivity index (χ1v) is 7.72. The second-order valence-corrected chi connectivity index (χ2v) is 5.44. The molecule has 1 amide bonds. The van der Waals surface area contributed by atoms with Crippen LogP contribution in [0.1, 0.15) is 11.1 Å². The number of halogens is 3. The molecule has 0 saturated carbocycles. The van der Waals surface area contributed by atoms with Crippen LogP contribution in [-0.4, -0.2) is 25.6 Å². The van der Waals surface area contributed by atoms with Gasteiger partial charge in [0.25, 0.3) is 0 Å². The molecule has 4 nitrogen and oxygen atoms in total. The third-order valence-electron chi connectivity index (χ3n) is 3.35. The summed E-state index contributed by atoms with van der Waals surface area (Å²) in [5.74, 6) is 0.463. The molecule has 0 aliphatic rings. The Balaban J connectivity index is 1.67. The van der Waals surface area contributed by atoms with Gasteiger partial charge >= 0.3 is 6.18 Å². The van der Waals surface area contributed by atoms with Crippen molar-refractivity contribution < 1.29 is 22.7 Å². The Morgan fingerprint density at radius 1 is 1.12 bits per heavy atom. The van der Waals surface area contributed by atoms with Gasteiger partial charge < -0.3 is 15.4 Å². The van der Waals surface area contributed by atoms with E-state index in [0.29, 0.717) is 18.8 Å². The fourth-order valence-electron chi connectivity index (χ4n) is 2.09. The fourth-order valence-corrected chi connectivity index (χ4v) is 2.09. The van der Waals surface area contributed by atoms with E-state index in [4.69, 9.17) is 4.74 Å². The molecule has 0 aromatic heterocycles. The first kappa shape index (κ1) is 18.6. The molecule has 134 valence electrons. The molecule has 0 bridgehead atoms. The van der Waals surface area contributed by atoms with Crippen molar-refractivity contribution in [2.24, 2.45) is 0 Å². The molecular formula is C18H19F3N2O2. The van der Waals surface area contributed by atoms with Crippen molar-refractivity contribution in [1.82, 2.24) is 5.32 Å². The van der Waals surface area contributed by atoms with Crippen molar-refractivity contribution in [3.63, 3.8) is 0 Å². The van der Waals surface area contributed by atoms with Crippen molar-refractivity contribution in [2.75, 3.05) is 25.0 Å². The second kappa shape index (κ2) is 8.41. The molecule has 0 aliphatic heterocycles. The number of hydrogen-bond acceptors (Lipinski definition) is 3. The quantitative estimate of drug-likeness (QED) is 0.749. The molecular weight excluding hydrogens is 333 g/mol. The van der Waals surface area contributed by atoms with E-state index in [9.17, 15) is 18.0 Å². The maximum atomic E-state index is 12.5. The highest BCUT2D eigenvalue weighted by Gasteiger charge is 2.29. The fraction of sp³-hybridized carbons (Fsp3) is 0.278. The lowest BCUT2D eigenvalue weighted by atomic mass is 10.2. The smallest absolute Gasteiger partial charge is 0.416 e. The minimum atomic E-state index is -4.37. The maximum Gasteiger partial charge on any atom is 0.416 e. The highest BCUT2D eigenvalue weighted by atomic mass is 19.4. The number of alkyl halides is 3. The van der Waals surface area contributed by atoms with Crippen LogP contribution in [0.3, 0.4) is 0 Å². The lowest BCUT2D eigenvalue weighted by Gasteiger charge is -2.10. The van der Waals surface area contributed by atoms with Crippen molar-refractivity contribution in [2.45, 2.75) is 13.1 Å². The number of aryl methyl sites for hydroxylation is 1. The molecule has 7 heteroatoms. The summed E-state index contributed by atoms with van der Waals surface area (Å²) in [7, 11) is 0. The average molecular weight is 352 g/mol. The van der Waals surface area contributed by atoms with Crippen LogP contribution in [0.25, 0.3) is 0 Å². The molecule has 2 aromatic carbocycles. The zero-order valence-electron chi connectivity index (χ0n) is 13.7. The first-order valence-electron chi connectivity index (χ1n) is 7.72. The number of carbonyl (C=O) groups excluding carboxylic acids is 1. The third-order valence-corrected chi connectivity index (χ3v) is 3.35. The second-order valence-electron chi connectivity index (χ2n) is 5.44. The Kier molecular flexibility index (Phi) is 6.27. The van der Waals surface area contributed by atoms with E-state index in [1.54, 1.807) is 0 Å². The van der Waals surface area contributed by atoms with Gasteiger partial charge in [-0.1, -0.05) is 12.1 Å². The normalized spacial score (nSPS) is 11.0. The number of hydrogen-bond donors (Lipinski definition) is 2. The Morgan fingerprint density at radius 2 is 1.84 bits per heavy atom. The Labute approximate surface area is 144 Å². The lowest BCUT2D eigenvalue weighted by molar-refractivity contribution is -0.137. The summed E-state index contributed by atoms with van der Waals surface area (Å²) in [5, 5.41) is 5.44. The number of amides is 1. The number of ether oxygens (including phenoxy) is 1. The number of nitrogens with one attached hydrogen (secondary N) is 2. The molecule has 0 spiro atoms. The summed E-state index contributed by atoms with van der Waals surface area (Å²) >= 11 is 0. The molecule has 0 radical (unpaired) electrons. The van der Waals surface area contributed by atoms with Crippen molar-refractivity contribution in [3.8, 4) is 5.75 Å². The number of anilines is 1. The molecule has 0 atom stereocenters. The summed E-state index contributed by atoms with van der Waals surface area (Å²) in [6.07, 6.45) is -4.37. The van der Waals surface area contributed by atoms with Gasteiger partial charge in [-0.05, 0) is 48.9 Å². The van der Waals surface area contributed by atoms with Gasteiger partial charge in [-0.3, -0.25) is 4.79 Å². The predicted octanol–water partition coefficient (Wildman–Crippen LogP) is 3.62. The van der Waals surface area contributed by atoms with Crippen LogP contribution in [0.5, 0.6) is 5.75 Å². The average Bonchev–Trinajstić information content (AvgIpc) is 2.56. The van der Waals surface area contributed by atoms with Gasteiger partial charge in [0.1, 0.15) is 12.4 Å². The van der Waals surface area contributed by atoms with Crippen LogP contribution in [0.4, 0.5) is 18.9 Å². The molecule has 0 fully saturated rings. The molecule has 2 rings (SSSR count). The van der Waals surface area contributed by atoms with E-state index in [2.05, 4.69) is 10.6 Å². The first-order chi connectivity index (χ1) is 11.8. The lowest BCUT2D eigenvalue weighted by Crippen LogP contribution is -2.33. The zero-order valence-corrected chi connectivity index (χ0v) is 13.7. The largest absolute Gasteiger partial charge is 0.492 e. The van der Waals surface area contributed by atoms with Crippen LogP contribution in [0, 0.1) is 6.92 Å². The maximum absolute atomic E-state index is 12.5. The van der Waals surface area contributed by atoms with Crippen LogP contribution < -0.4 is 15.4 Å². The van der Waals surface area contributed by atoms with Crippen LogP contribution in [0.15, 0.2) is 48.5 Å². The highest BCUT2D eigenvalue weighted by molar-refractivity contribution is 5.80. The van der Waals surface area contributed by atoms with Crippen molar-refractivity contribution in [1.29, 1.82) is 0 Å². The van der Waals surface area contributed by atoms with E-state index in [-0.39, 0.29) is 12.5 Å². The minimum absolute atomic E-state index is 0.0319. The molecule has 25 heavy (non-hydrogen) atoms. The SMILES string of the molecule is Cc1cccc(OCCNC(=O)CNc2ccc(C(F)(F)F)cc2)c1. The summed E-state index contributed by atoms with van der Waals surface area (Å²) in [5.41, 5.74) is 0.803. The standard InChI is InChI=1S/C18H19F3N2O2/c1-13-3-2-4-16(11-13)25-10-9-22-17(24)12-23-15-7-5-14(6-8-15)18(19,20)21/h2-8,11,23H,9-10,12H2,1H3,(H,22,24). The van der Waals surface area contributed by atoms with Gasteiger partial charge in [0.05, 0.1) is 18.7 Å². The molecule has 0 heterocycles. The van der Waals surface area contributed by atoms with E-state index in [1.807, 2.05) is 31.2 Å². The van der Waals surface area contributed by atoms with Gasteiger partial charge in [0, 0.05) is 5.69 Å². The number of rotatable bonds is 7. The van der Waals surface area contributed by atoms with E-state index >= 15 is 0 Å². The zero-order chi connectivity index (χ0) is 18.3. The Bertz CT molecular complexity index is 700. The van der Waals surface area contributed by atoms with Crippen LogP contribution in [0.2, 0.25) is 0 Å². The monoisotopic (exact) mass is 352 g/mol. The van der Waals surface area contributed by atoms with Gasteiger partial charge in [0.2, 0.25) is 5.91 Å². The van der Waals surface area contributed by atoms with Crippen LogP contribution in [-0.2, 0) is 11.0 Å². The topological polar surface area (TPSA) is 50.4 Å². The van der Waals surface area contributed by atoms with Crippen molar-refractivity contribution in [3.05, 3.63) is 59.7 Å². The molecule has 2 N–H and O–H groups in total. The Morgan fingerprint density at radius 3 is 2.48 bits per heavy atom. The summed E-state index contributed by atoms with van der Waals surface area (Å²) in [6, 6.07) is 12.1. The van der Waals surface area contributed by atoms with Gasteiger partial charge in [0.15, 0.2) is 0 Å². The Hall–Kier alpha value is -2.70. The van der Waals surface area contributed by atoms with Crippen LogP contribution >= 0.6 is 0 Å². The number of carbonyl (C=O) groups is 1. The molecule has 0 saturated heterocycles. The van der Waals surface area contributed by atoms with E-state index < -0.39 is 11.7 Å². The minimum Gasteiger partial charge on any atom is -0.492 e. The summed E-state index contributed by atoms with van der Waals surface area (Å²) in [6.45, 7) is 2.59. The third kappa shape index (κ3) is 6.37. The van der Waals surface area contributed by atoms with Crippen molar-refractivity contribution >= 4 is 11.6 Å². The van der Waals surface area contributed by atoms with E-state index in [1.165, 1.54) is 12.1 Å². The molecule has 2 aromatic rings.